The van der Waals surface area contributed by atoms with Crippen molar-refractivity contribution in [3.8, 4) is 11.3 Å². The highest BCUT2D eigenvalue weighted by molar-refractivity contribution is 9.10. The van der Waals surface area contributed by atoms with E-state index in [-0.39, 0.29) is 17.9 Å². The van der Waals surface area contributed by atoms with E-state index < -0.39 is 0 Å². The predicted octanol–water partition coefficient (Wildman–Crippen LogP) is 4.46. The zero-order chi connectivity index (χ0) is 25.9. The quantitative estimate of drug-likeness (QED) is 0.203. The Hall–Kier alpha value is -3.27. The minimum Gasteiger partial charge on any atom is -0.455 e. The van der Waals surface area contributed by atoms with Crippen molar-refractivity contribution in [2.75, 3.05) is 32.8 Å². The molecule has 0 bridgehead atoms. The van der Waals surface area contributed by atoms with Crippen molar-refractivity contribution in [3.05, 3.63) is 82.5 Å². The van der Waals surface area contributed by atoms with Crippen molar-refractivity contribution in [1.82, 2.24) is 15.6 Å². The smallest absolute Gasteiger partial charge is 0.257 e. The number of nitrogens with zero attached hydrogens (tertiary/aromatic N) is 2. The maximum atomic E-state index is 13.0. The van der Waals surface area contributed by atoms with E-state index in [4.69, 9.17) is 9.15 Å². The highest BCUT2D eigenvalue weighted by Crippen LogP contribution is 2.23. The number of nitrogens with one attached hydrogen (secondary N) is 2. The molecule has 1 aliphatic heterocycles. The third-order valence-corrected chi connectivity index (χ3v) is 6.67. The molecule has 2 aromatic carbocycles. The van der Waals surface area contributed by atoms with Gasteiger partial charge < -0.3 is 14.5 Å². The lowest BCUT2D eigenvalue weighted by molar-refractivity contribution is -0.128. The van der Waals surface area contributed by atoms with Crippen LogP contribution in [0.5, 0.6) is 0 Å². The summed E-state index contributed by atoms with van der Waals surface area (Å²) in [7, 11) is 0. The largest absolute Gasteiger partial charge is 0.455 e. The molecule has 1 aromatic heterocycles. The number of morpholine rings is 1. The van der Waals surface area contributed by atoms with Gasteiger partial charge >= 0.3 is 0 Å². The first-order chi connectivity index (χ1) is 18.1. The van der Waals surface area contributed by atoms with Gasteiger partial charge in [0.1, 0.15) is 11.5 Å². The van der Waals surface area contributed by atoms with Gasteiger partial charge in [0.2, 0.25) is 0 Å². The molecule has 37 heavy (non-hydrogen) atoms. The second-order valence-electron chi connectivity index (χ2n) is 8.73. The lowest BCUT2D eigenvalue weighted by Gasteiger charge is -2.33. The molecule has 1 saturated heterocycles. The number of unbranched alkanes of at least 4 members (excludes halogenated alkanes) is 1. The fourth-order valence-electron chi connectivity index (χ4n) is 4.15. The molecule has 0 spiro atoms. The number of carbonyl (C=O) groups excluding carboxylic acids is 2. The van der Waals surface area contributed by atoms with E-state index in [1.54, 1.807) is 12.1 Å². The molecule has 1 aliphatic rings. The Kier molecular flexibility index (Phi) is 10.0. The number of furan rings is 1. The standard InChI is InChI=1S/C28H31BrN4O4/c29-23-11-9-21(10-12-23)26-14-13-24(37-26)20-31-32-28(35)25(33-16-18-36-19-17-33)8-4-5-15-30-27(34)22-6-2-1-3-7-22/h1-3,6-7,9-14,20,25H,4-5,8,15-19H2,(H,30,34)(H,32,35). The average Bonchev–Trinajstić information content (AvgIpc) is 3.40. The lowest BCUT2D eigenvalue weighted by Crippen LogP contribution is -2.50. The first-order valence-corrected chi connectivity index (χ1v) is 13.2. The Labute approximate surface area is 225 Å². The van der Waals surface area contributed by atoms with Crippen LogP contribution in [0.15, 0.2) is 80.7 Å². The normalized spacial score (nSPS) is 14.9. The van der Waals surface area contributed by atoms with Crippen LogP contribution in [0, 0.1) is 0 Å². The van der Waals surface area contributed by atoms with E-state index in [0.717, 1.165) is 28.6 Å². The summed E-state index contributed by atoms with van der Waals surface area (Å²) >= 11 is 3.43. The number of carbonyl (C=O) groups is 2. The monoisotopic (exact) mass is 566 g/mol. The molecule has 8 nitrogen and oxygen atoms in total. The summed E-state index contributed by atoms with van der Waals surface area (Å²) in [6.07, 6.45) is 3.75. The van der Waals surface area contributed by atoms with Gasteiger partial charge in [0.25, 0.3) is 11.8 Å². The number of ether oxygens (including phenoxy) is 1. The van der Waals surface area contributed by atoms with Crippen LogP contribution in [0.1, 0.15) is 35.4 Å². The van der Waals surface area contributed by atoms with Gasteiger partial charge in [0.15, 0.2) is 0 Å². The zero-order valence-electron chi connectivity index (χ0n) is 20.6. The molecule has 2 amide bonds. The number of hydrazone groups is 1. The fourth-order valence-corrected chi connectivity index (χ4v) is 4.41. The van der Waals surface area contributed by atoms with Crippen LogP contribution in [-0.4, -0.2) is 61.8 Å². The summed E-state index contributed by atoms with van der Waals surface area (Å²) in [6.45, 7) is 3.15. The van der Waals surface area contributed by atoms with Gasteiger partial charge in [-0.25, -0.2) is 5.43 Å². The van der Waals surface area contributed by atoms with E-state index in [2.05, 4.69) is 36.7 Å². The Morgan fingerprint density at radius 2 is 1.76 bits per heavy atom. The van der Waals surface area contributed by atoms with Crippen molar-refractivity contribution in [1.29, 1.82) is 0 Å². The molecule has 2 N–H and O–H groups in total. The summed E-state index contributed by atoms with van der Waals surface area (Å²) < 4.78 is 12.3. The van der Waals surface area contributed by atoms with Gasteiger partial charge in [-0.3, -0.25) is 14.5 Å². The van der Waals surface area contributed by atoms with E-state index in [0.29, 0.717) is 50.6 Å². The highest BCUT2D eigenvalue weighted by Gasteiger charge is 2.27. The topological polar surface area (TPSA) is 96.2 Å². The summed E-state index contributed by atoms with van der Waals surface area (Å²) in [5.41, 5.74) is 4.28. The Bertz CT molecular complexity index is 1170. The maximum Gasteiger partial charge on any atom is 0.257 e. The van der Waals surface area contributed by atoms with Crippen LogP contribution in [-0.2, 0) is 9.53 Å². The molecule has 3 aromatic rings. The van der Waals surface area contributed by atoms with E-state index in [1.165, 1.54) is 6.21 Å². The predicted molar refractivity (Wildman–Crippen MR) is 146 cm³/mol. The molecule has 0 radical (unpaired) electrons. The first-order valence-electron chi connectivity index (χ1n) is 12.4. The third-order valence-electron chi connectivity index (χ3n) is 6.14. The van der Waals surface area contributed by atoms with E-state index >= 15 is 0 Å². The summed E-state index contributed by atoms with van der Waals surface area (Å²) in [5.74, 6) is 1.03. The Morgan fingerprint density at radius 3 is 2.51 bits per heavy atom. The minimum absolute atomic E-state index is 0.0846. The summed E-state index contributed by atoms with van der Waals surface area (Å²) in [6, 6.07) is 20.4. The van der Waals surface area contributed by atoms with Crippen LogP contribution in [0.2, 0.25) is 0 Å². The third kappa shape index (κ3) is 8.11. The zero-order valence-corrected chi connectivity index (χ0v) is 22.2. The molecular formula is C28H31BrN4O4. The number of rotatable bonds is 11. The van der Waals surface area contributed by atoms with Crippen molar-refractivity contribution in [2.45, 2.75) is 25.3 Å². The summed E-state index contributed by atoms with van der Waals surface area (Å²) in [4.78, 5) is 27.4. The number of amides is 2. The molecule has 0 saturated carbocycles. The van der Waals surface area contributed by atoms with Gasteiger partial charge in [-0.15, -0.1) is 0 Å². The highest BCUT2D eigenvalue weighted by atomic mass is 79.9. The number of benzene rings is 2. The van der Waals surface area contributed by atoms with E-state index in [9.17, 15) is 9.59 Å². The number of halogens is 1. The average molecular weight is 567 g/mol. The molecule has 1 unspecified atom stereocenters. The van der Waals surface area contributed by atoms with Gasteiger partial charge in [-0.05, 0) is 55.7 Å². The molecule has 1 fully saturated rings. The van der Waals surface area contributed by atoms with Gasteiger partial charge in [-0.1, -0.05) is 46.3 Å². The van der Waals surface area contributed by atoms with Gasteiger partial charge in [0.05, 0.1) is 25.5 Å². The molecule has 1 atom stereocenters. The van der Waals surface area contributed by atoms with Crippen molar-refractivity contribution in [2.24, 2.45) is 5.10 Å². The molecular weight excluding hydrogens is 536 g/mol. The van der Waals surface area contributed by atoms with Crippen LogP contribution in [0.4, 0.5) is 0 Å². The fraction of sp³-hybridized carbons (Fsp3) is 0.321. The minimum atomic E-state index is -0.319. The van der Waals surface area contributed by atoms with Gasteiger partial charge in [-0.2, -0.15) is 5.10 Å². The van der Waals surface area contributed by atoms with Crippen LogP contribution in [0.3, 0.4) is 0 Å². The summed E-state index contributed by atoms with van der Waals surface area (Å²) in [5, 5.41) is 7.08. The number of hydrogen-bond acceptors (Lipinski definition) is 6. The maximum absolute atomic E-state index is 13.0. The lowest BCUT2D eigenvalue weighted by atomic mass is 10.1. The van der Waals surface area contributed by atoms with Crippen molar-refractivity contribution >= 4 is 34.0 Å². The van der Waals surface area contributed by atoms with Crippen LogP contribution < -0.4 is 10.7 Å². The second-order valence-corrected chi connectivity index (χ2v) is 9.64. The van der Waals surface area contributed by atoms with Crippen molar-refractivity contribution < 1.29 is 18.7 Å². The SMILES string of the molecule is O=C(NCCCCC(C(=O)NN=Cc1ccc(-c2ccc(Br)cc2)o1)N1CCOCC1)c1ccccc1. The molecule has 4 rings (SSSR count). The Balaban J connectivity index is 1.27. The van der Waals surface area contributed by atoms with Crippen LogP contribution >= 0.6 is 15.9 Å². The molecule has 2 heterocycles. The first kappa shape index (κ1) is 26.8. The molecule has 194 valence electrons. The van der Waals surface area contributed by atoms with Crippen LogP contribution in [0.25, 0.3) is 11.3 Å². The van der Waals surface area contributed by atoms with Gasteiger partial charge in [0, 0.05) is 35.2 Å². The van der Waals surface area contributed by atoms with Crippen molar-refractivity contribution in [3.63, 3.8) is 0 Å². The molecule has 9 heteroatoms. The second kappa shape index (κ2) is 13.9. The molecule has 0 aliphatic carbocycles. The van der Waals surface area contributed by atoms with E-state index in [1.807, 2.05) is 54.6 Å². The Morgan fingerprint density at radius 1 is 1.00 bits per heavy atom. The number of hydrogen-bond donors (Lipinski definition) is 2.